The summed E-state index contributed by atoms with van der Waals surface area (Å²) in [6.07, 6.45) is 4.88. The number of carbonyl (C=O) groups excluding carboxylic acids is 1. The number of anilines is 1. The number of carbonyl (C=O) groups is 1. The molecule has 3 N–H and O–H groups in total. The average molecular weight is 237 g/mol. The number of hydrogen-bond donors (Lipinski definition) is 2. The number of amides is 1. The second kappa shape index (κ2) is 5.23. The van der Waals surface area contributed by atoms with E-state index < -0.39 is 5.95 Å². The maximum atomic E-state index is 12.6. The summed E-state index contributed by atoms with van der Waals surface area (Å²) in [6.45, 7) is 0. The molecule has 1 aliphatic rings. The highest BCUT2D eigenvalue weighted by Crippen LogP contribution is 2.24. The number of hydrogen-bond acceptors (Lipinski definition) is 3. The van der Waals surface area contributed by atoms with E-state index in [9.17, 15) is 9.18 Å². The highest BCUT2D eigenvalue weighted by atomic mass is 19.1. The van der Waals surface area contributed by atoms with Crippen LogP contribution in [0.3, 0.4) is 0 Å². The summed E-state index contributed by atoms with van der Waals surface area (Å²) in [5.74, 6) is -0.639. The molecule has 4 nitrogen and oxygen atoms in total. The molecule has 92 valence electrons. The molecule has 2 atom stereocenters. The van der Waals surface area contributed by atoms with Gasteiger partial charge in [-0.1, -0.05) is 6.42 Å². The van der Waals surface area contributed by atoms with Crippen molar-refractivity contribution in [2.45, 2.75) is 31.7 Å². The molecule has 1 aromatic rings. The number of nitrogens with one attached hydrogen (secondary N) is 1. The molecule has 0 aromatic carbocycles. The number of rotatable bonds is 2. The van der Waals surface area contributed by atoms with Gasteiger partial charge in [0.05, 0.1) is 11.9 Å². The van der Waals surface area contributed by atoms with Crippen molar-refractivity contribution >= 4 is 11.6 Å². The first-order valence-electron chi connectivity index (χ1n) is 5.83. The smallest absolute Gasteiger partial charge is 0.227 e. The SMILES string of the molecule is NC1CCCC(C(=O)Nc2ccc(F)nc2)C1. The van der Waals surface area contributed by atoms with Crippen molar-refractivity contribution < 1.29 is 9.18 Å². The van der Waals surface area contributed by atoms with Crippen LogP contribution in [0.1, 0.15) is 25.7 Å². The van der Waals surface area contributed by atoms with Gasteiger partial charge in [0.2, 0.25) is 11.9 Å². The lowest BCUT2D eigenvalue weighted by Crippen LogP contribution is -2.34. The van der Waals surface area contributed by atoms with Gasteiger partial charge in [-0.05, 0) is 31.4 Å². The summed E-state index contributed by atoms with van der Waals surface area (Å²) in [6, 6.07) is 2.84. The molecule has 0 spiro atoms. The molecule has 0 aliphatic heterocycles. The van der Waals surface area contributed by atoms with Crippen LogP contribution < -0.4 is 11.1 Å². The highest BCUT2D eigenvalue weighted by molar-refractivity contribution is 5.92. The fourth-order valence-corrected chi connectivity index (χ4v) is 2.16. The minimum Gasteiger partial charge on any atom is -0.328 e. The van der Waals surface area contributed by atoms with Crippen molar-refractivity contribution in [1.82, 2.24) is 4.98 Å². The zero-order valence-corrected chi connectivity index (χ0v) is 9.53. The molecule has 1 amide bonds. The van der Waals surface area contributed by atoms with E-state index in [1.54, 1.807) is 0 Å². The van der Waals surface area contributed by atoms with E-state index >= 15 is 0 Å². The molecular formula is C12H16FN3O. The first kappa shape index (κ1) is 12.0. The van der Waals surface area contributed by atoms with Gasteiger partial charge in [-0.25, -0.2) is 4.98 Å². The van der Waals surface area contributed by atoms with Gasteiger partial charge in [0.1, 0.15) is 0 Å². The largest absolute Gasteiger partial charge is 0.328 e. The van der Waals surface area contributed by atoms with E-state index in [1.165, 1.54) is 18.3 Å². The Morgan fingerprint density at radius 1 is 1.47 bits per heavy atom. The number of pyridine rings is 1. The molecule has 1 saturated carbocycles. The van der Waals surface area contributed by atoms with E-state index in [0.717, 1.165) is 25.7 Å². The van der Waals surface area contributed by atoms with Gasteiger partial charge in [-0.2, -0.15) is 4.39 Å². The third-order valence-corrected chi connectivity index (χ3v) is 3.08. The molecule has 0 radical (unpaired) electrons. The van der Waals surface area contributed by atoms with E-state index in [1.807, 2.05) is 0 Å². The normalized spacial score (nSPS) is 24.4. The lowest BCUT2D eigenvalue weighted by Gasteiger charge is -2.25. The third kappa shape index (κ3) is 3.23. The predicted octanol–water partition coefficient (Wildman–Crippen LogP) is 1.68. The quantitative estimate of drug-likeness (QED) is 0.769. The Morgan fingerprint density at radius 3 is 2.94 bits per heavy atom. The van der Waals surface area contributed by atoms with Gasteiger partial charge in [0.25, 0.3) is 0 Å². The van der Waals surface area contributed by atoms with E-state index in [2.05, 4.69) is 10.3 Å². The number of nitrogens with two attached hydrogens (primary N) is 1. The molecule has 5 heteroatoms. The van der Waals surface area contributed by atoms with Crippen molar-refractivity contribution in [2.75, 3.05) is 5.32 Å². The summed E-state index contributed by atoms with van der Waals surface area (Å²) < 4.78 is 12.6. The Hall–Kier alpha value is -1.49. The van der Waals surface area contributed by atoms with Crippen LogP contribution in [0.5, 0.6) is 0 Å². The van der Waals surface area contributed by atoms with Crippen LogP contribution in [-0.4, -0.2) is 16.9 Å². The van der Waals surface area contributed by atoms with Gasteiger partial charge in [0, 0.05) is 12.0 Å². The standard InChI is InChI=1S/C12H16FN3O/c13-11-5-4-10(7-15-11)16-12(17)8-2-1-3-9(14)6-8/h4-5,7-9H,1-3,6,14H2,(H,16,17). The van der Waals surface area contributed by atoms with E-state index in [4.69, 9.17) is 5.73 Å². The van der Waals surface area contributed by atoms with Gasteiger partial charge >= 0.3 is 0 Å². The topological polar surface area (TPSA) is 68.0 Å². The molecule has 1 aliphatic carbocycles. The van der Waals surface area contributed by atoms with E-state index in [0.29, 0.717) is 5.69 Å². The summed E-state index contributed by atoms with van der Waals surface area (Å²) in [7, 11) is 0. The fourth-order valence-electron chi connectivity index (χ4n) is 2.16. The predicted molar refractivity (Wildman–Crippen MR) is 62.8 cm³/mol. The molecule has 2 rings (SSSR count). The first-order chi connectivity index (χ1) is 8.15. The summed E-state index contributed by atoms with van der Waals surface area (Å²) >= 11 is 0. The van der Waals surface area contributed by atoms with Crippen LogP contribution in [-0.2, 0) is 4.79 Å². The van der Waals surface area contributed by atoms with Crippen molar-refractivity contribution in [1.29, 1.82) is 0 Å². The van der Waals surface area contributed by atoms with Gasteiger partial charge < -0.3 is 11.1 Å². The van der Waals surface area contributed by atoms with Gasteiger partial charge in [-0.3, -0.25) is 4.79 Å². The molecule has 1 aromatic heterocycles. The Morgan fingerprint density at radius 2 is 2.29 bits per heavy atom. The summed E-state index contributed by atoms with van der Waals surface area (Å²) in [5, 5.41) is 2.74. The number of aromatic nitrogens is 1. The zero-order chi connectivity index (χ0) is 12.3. The molecule has 0 saturated heterocycles. The first-order valence-corrected chi connectivity index (χ1v) is 5.83. The van der Waals surface area contributed by atoms with Crippen LogP contribution in [0.25, 0.3) is 0 Å². The molecule has 17 heavy (non-hydrogen) atoms. The van der Waals surface area contributed by atoms with Crippen LogP contribution in [0.15, 0.2) is 18.3 Å². The zero-order valence-electron chi connectivity index (χ0n) is 9.53. The van der Waals surface area contributed by atoms with Crippen molar-refractivity contribution in [2.24, 2.45) is 11.7 Å². The fraction of sp³-hybridized carbons (Fsp3) is 0.500. The lowest BCUT2D eigenvalue weighted by molar-refractivity contribution is -0.120. The van der Waals surface area contributed by atoms with Gasteiger partial charge in [-0.15, -0.1) is 0 Å². The Bertz CT molecular complexity index is 393. The minimum atomic E-state index is -0.553. The summed E-state index contributed by atoms with van der Waals surface area (Å²) in [5.41, 5.74) is 6.36. The van der Waals surface area contributed by atoms with Crippen molar-refractivity contribution in [3.05, 3.63) is 24.3 Å². The minimum absolute atomic E-state index is 0.0381. The van der Waals surface area contributed by atoms with Crippen LogP contribution >= 0.6 is 0 Å². The second-order valence-corrected chi connectivity index (χ2v) is 4.48. The molecule has 2 unspecified atom stereocenters. The Kier molecular flexibility index (Phi) is 3.68. The molecule has 0 bridgehead atoms. The maximum Gasteiger partial charge on any atom is 0.227 e. The Labute approximate surface area is 99.4 Å². The second-order valence-electron chi connectivity index (χ2n) is 4.48. The van der Waals surface area contributed by atoms with Crippen LogP contribution in [0.4, 0.5) is 10.1 Å². The van der Waals surface area contributed by atoms with Gasteiger partial charge in [0.15, 0.2) is 0 Å². The average Bonchev–Trinajstić information content (AvgIpc) is 2.32. The monoisotopic (exact) mass is 237 g/mol. The number of halogens is 1. The molecular weight excluding hydrogens is 221 g/mol. The maximum absolute atomic E-state index is 12.6. The Balaban J connectivity index is 1.94. The van der Waals surface area contributed by atoms with E-state index in [-0.39, 0.29) is 17.9 Å². The van der Waals surface area contributed by atoms with Crippen molar-refractivity contribution in [3.63, 3.8) is 0 Å². The molecule has 1 heterocycles. The van der Waals surface area contributed by atoms with Crippen molar-refractivity contribution in [3.8, 4) is 0 Å². The third-order valence-electron chi connectivity index (χ3n) is 3.08. The number of nitrogens with zero attached hydrogens (tertiary/aromatic N) is 1. The van der Waals surface area contributed by atoms with Crippen LogP contribution in [0.2, 0.25) is 0 Å². The molecule has 1 fully saturated rings. The lowest BCUT2D eigenvalue weighted by atomic mass is 9.85. The van der Waals surface area contributed by atoms with Crippen LogP contribution in [0, 0.1) is 11.9 Å². The highest BCUT2D eigenvalue weighted by Gasteiger charge is 2.25. The summed E-state index contributed by atoms with van der Waals surface area (Å²) in [4.78, 5) is 15.4.